The first-order valence-corrected chi connectivity index (χ1v) is 9.11. The van der Waals surface area contributed by atoms with E-state index in [1.807, 2.05) is 31.2 Å². The smallest absolute Gasteiger partial charge is 0.259 e. The summed E-state index contributed by atoms with van der Waals surface area (Å²) in [6, 6.07) is 6.79. The molecule has 0 fully saturated rings. The predicted octanol–water partition coefficient (Wildman–Crippen LogP) is 1.69. The second kappa shape index (κ2) is 6.87. The van der Waals surface area contributed by atoms with Crippen LogP contribution in [-0.2, 0) is 7.05 Å². The maximum absolute atomic E-state index is 12.9. The first-order valence-electron chi connectivity index (χ1n) is 9.11. The molecule has 1 aliphatic rings. The quantitative estimate of drug-likeness (QED) is 0.592. The number of nitrogen functional groups attached to an aromatic ring is 1. The van der Waals surface area contributed by atoms with Gasteiger partial charge in [-0.05, 0) is 30.5 Å². The zero-order valence-corrected chi connectivity index (χ0v) is 16.1. The second-order valence-electron chi connectivity index (χ2n) is 6.86. The molecule has 0 saturated carbocycles. The van der Waals surface area contributed by atoms with Crippen molar-refractivity contribution in [2.45, 2.75) is 13.0 Å². The van der Waals surface area contributed by atoms with Gasteiger partial charge in [0.2, 0.25) is 0 Å². The van der Waals surface area contributed by atoms with Crippen LogP contribution in [0.4, 0.5) is 11.6 Å². The van der Waals surface area contributed by atoms with Gasteiger partial charge in [0.15, 0.2) is 5.82 Å². The van der Waals surface area contributed by atoms with E-state index in [9.17, 15) is 9.59 Å². The van der Waals surface area contributed by atoms with Gasteiger partial charge in [-0.1, -0.05) is 18.1 Å². The predicted molar refractivity (Wildman–Crippen MR) is 113 cm³/mol. The number of benzene rings is 1. The van der Waals surface area contributed by atoms with Crippen molar-refractivity contribution < 1.29 is 4.79 Å². The van der Waals surface area contributed by atoms with Crippen LogP contribution in [0.2, 0.25) is 0 Å². The molecule has 1 amide bonds. The average molecular weight is 388 g/mol. The highest BCUT2D eigenvalue weighted by Gasteiger charge is 2.25. The first kappa shape index (κ1) is 18.4. The number of nitrogens with one attached hydrogen (secondary N) is 2. The van der Waals surface area contributed by atoms with E-state index in [4.69, 9.17) is 12.2 Å². The molecule has 1 aliphatic heterocycles. The third kappa shape index (κ3) is 2.93. The van der Waals surface area contributed by atoms with E-state index in [-0.39, 0.29) is 22.8 Å². The third-order valence-electron chi connectivity index (χ3n) is 5.05. The lowest BCUT2D eigenvalue weighted by molar-refractivity contribution is 0.0940. The molecule has 4 N–H and O–H groups in total. The molecule has 3 heterocycles. The van der Waals surface area contributed by atoms with Crippen LogP contribution in [0, 0.1) is 12.3 Å². The number of nitrogens with two attached hydrogens (primary N) is 1. The normalized spacial score (nSPS) is 13.4. The summed E-state index contributed by atoms with van der Waals surface area (Å²) in [6.45, 7) is 2.39. The molecule has 1 unspecified atom stereocenters. The largest absolute Gasteiger partial charge is 0.381 e. The molecule has 8 heteroatoms. The number of terminal acetylenes is 1. The summed E-state index contributed by atoms with van der Waals surface area (Å²) in [5.41, 5.74) is 7.22. The molecule has 0 radical (unpaired) electrons. The van der Waals surface area contributed by atoms with Gasteiger partial charge < -0.3 is 20.9 Å². The maximum Gasteiger partial charge on any atom is 0.259 e. The Bertz CT molecular complexity index is 1280. The minimum Gasteiger partial charge on any atom is -0.381 e. The first-order chi connectivity index (χ1) is 13.9. The lowest BCUT2D eigenvalue weighted by Gasteiger charge is -2.19. The van der Waals surface area contributed by atoms with Crippen LogP contribution in [-0.4, -0.2) is 26.8 Å². The van der Waals surface area contributed by atoms with Crippen LogP contribution >= 0.6 is 0 Å². The van der Waals surface area contributed by atoms with E-state index in [0.29, 0.717) is 29.0 Å². The summed E-state index contributed by atoms with van der Waals surface area (Å²) < 4.78 is 3.04. The molecule has 1 atom stereocenters. The lowest BCUT2D eigenvalue weighted by atomic mass is 10.0. The van der Waals surface area contributed by atoms with Crippen LogP contribution in [0.25, 0.3) is 17.0 Å². The van der Waals surface area contributed by atoms with E-state index in [0.717, 1.165) is 5.39 Å². The Morgan fingerprint density at radius 1 is 1.45 bits per heavy atom. The maximum atomic E-state index is 12.9. The summed E-state index contributed by atoms with van der Waals surface area (Å²) in [5.74, 6) is 2.86. The fourth-order valence-corrected chi connectivity index (χ4v) is 3.61. The Morgan fingerprint density at radius 3 is 3.00 bits per heavy atom. The van der Waals surface area contributed by atoms with Gasteiger partial charge in [-0.25, -0.2) is 4.68 Å². The third-order valence-corrected chi connectivity index (χ3v) is 5.05. The van der Waals surface area contributed by atoms with Gasteiger partial charge in [0.05, 0.1) is 11.4 Å². The SMILES string of the molecule is C#Cc1cccc2cc(C(C)NC(=O)c3c(N)nn4c3NCC=C4)n(C)c(=O)c12. The Morgan fingerprint density at radius 2 is 2.24 bits per heavy atom. The van der Waals surface area contributed by atoms with E-state index >= 15 is 0 Å². The van der Waals surface area contributed by atoms with Crippen LogP contribution in [0.1, 0.15) is 34.6 Å². The van der Waals surface area contributed by atoms with Crippen LogP contribution in [0.3, 0.4) is 0 Å². The summed E-state index contributed by atoms with van der Waals surface area (Å²) in [5, 5.41) is 11.4. The number of carbonyl (C=O) groups excluding carboxylic acids is 1. The topological polar surface area (TPSA) is 107 Å². The fraction of sp³-hybridized carbons (Fsp3) is 0.190. The monoisotopic (exact) mass is 388 g/mol. The zero-order valence-electron chi connectivity index (χ0n) is 16.1. The van der Waals surface area contributed by atoms with E-state index in [1.165, 1.54) is 9.25 Å². The minimum atomic E-state index is -0.451. The molecule has 1 aromatic carbocycles. The van der Waals surface area contributed by atoms with Crippen molar-refractivity contribution in [3.8, 4) is 12.3 Å². The van der Waals surface area contributed by atoms with Gasteiger partial charge >= 0.3 is 0 Å². The molecule has 29 heavy (non-hydrogen) atoms. The summed E-state index contributed by atoms with van der Waals surface area (Å²) in [7, 11) is 1.66. The molecular weight excluding hydrogens is 368 g/mol. The molecule has 3 aromatic rings. The van der Waals surface area contributed by atoms with Gasteiger partial charge in [0.1, 0.15) is 11.4 Å². The van der Waals surface area contributed by atoms with Crippen molar-refractivity contribution in [1.82, 2.24) is 19.7 Å². The highest BCUT2D eigenvalue weighted by molar-refractivity contribution is 6.04. The minimum absolute atomic E-state index is 0.134. The Kier molecular flexibility index (Phi) is 4.35. The molecule has 2 aromatic heterocycles. The summed E-state index contributed by atoms with van der Waals surface area (Å²) in [4.78, 5) is 25.8. The van der Waals surface area contributed by atoms with Crippen molar-refractivity contribution in [1.29, 1.82) is 0 Å². The van der Waals surface area contributed by atoms with E-state index in [1.54, 1.807) is 19.3 Å². The number of carbonyl (C=O) groups is 1. The molecule has 0 bridgehead atoms. The fourth-order valence-electron chi connectivity index (χ4n) is 3.61. The summed E-state index contributed by atoms with van der Waals surface area (Å²) in [6.07, 6.45) is 9.16. The van der Waals surface area contributed by atoms with Gasteiger partial charge in [-0.2, -0.15) is 0 Å². The number of nitrogens with zero attached hydrogens (tertiary/aromatic N) is 3. The number of aromatic nitrogens is 3. The van der Waals surface area contributed by atoms with Crippen LogP contribution in [0.5, 0.6) is 0 Å². The zero-order chi connectivity index (χ0) is 20.7. The van der Waals surface area contributed by atoms with Gasteiger partial charge in [0.25, 0.3) is 11.5 Å². The van der Waals surface area contributed by atoms with Crippen molar-refractivity contribution >= 4 is 34.5 Å². The number of hydrogen-bond acceptors (Lipinski definition) is 5. The number of fused-ring (bicyclic) bond motifs is 2. The standard InChI is InChI=1S/C21H20N6O2/c1-4-13-7-5-8-14-11-15(26(3)21(29)16(13)14)12(2)24-20(28)17-18(22)25-27-10-6-9-23-19(17)27/h1,5-8,10-12,23H,9H2,2-3H3,(H2,22,25)(H,24,28). The average Bonchev–Trinajstić information content (AvgIpc) is 3.05. The molecule has 0 saturated heterocycles. The van der Waals surface area contributed by atoms with Gasteiger partial charge in [-0.15, -0.1) is 11.5 Å². The van der Waals surface area contributed by atoms with Crippen LogP contribution < -0.4 is 21.9 Å². The lowest BCUT2D eigenvalue weighted by Crippen LogP contribution is -2.32. The molecule has 146 valence electrons. The number of anilines is 2. The van der Waals surface area contributed by atoms with E-state index in [2.05, 4.69) is 21.7 Å². The number of amides is 1. The highest BCUT2D eigenvalue weighted by atomic mass is 16.2. The molecule has 0 aliphatic carbocycles. The second-order valence-corrected chi connectivity index (χ2v) is 6.86. The molecule has 4 rings (SSSR count). The van der Waals surface area contributed by atoms with Crippen molar-refractivity contribution in [3.63, 3.8) is 0 Å². The summed E-state index contributed by atoms with van der Waals surface area (Å²) >= 11 is 0. The van der Waals surface area contributed by atoms with Crippen molar-refractivity contribution in [2.24, 2.45) is 7.05 Å². The number of rotatable bonds is 3. The van der Waals surface area contributed by atoms with Crippen molar-refractivity contribution in [2.75, 3.05) is 17.6 Å². The van der Waals surface area contributed by atoms with Gasteiger partial charge in [-0.3, -0.25) is 9.59 Å². The molecule has 0 spiro atoms. The number of hydrogen-bond donors (Lipinski definition) is 3. The van der Waals surface area contributed by atoms with Crippen molar-refractivity contribution in [3.05, 3.63) is 57.5 Å². The van der Waals surface area contributed by atoms with Gasteiger partial charge in [0, 0.05) is 31.0 Å². The Labute approximate surface area is 167 Å². The molecule has 8 nitrogen and oxygen atoms in total. The number of pyridine rings is 1. The van der Waals surface area contributed by atoms with E-state index < -0.39 is 6.04 Å². The Balaban J connectivity index is 1.71. The highest BCUT2D eigenvalue weighted by Crippen LogP contribution is 2.26. The Hall–Kier alpha value is -3.99. The molecular formula is C21H20N6O2. The van der Waals surface area contributed by atoms with Crippen LogP contribution in [0.15, 0.2) is 35.1 Å².